The van der Waals surface area contributed by atoms with E-state index in [0.29, 0.717) is 43.2 Å². The van der Waals surface area contributed by atoms with Gasteiger partial charge in [-0.25, -0.2) is 4.39 Å². The number of anilines is 1. The van der Waals surface area contributed by atoms with Crippen molar-refractivity contribution >= 4 is 28.7 Å². The first kappa shape index (κ1) is 20.9. The summed E-state index contributed by atoms with van der Waals surface area (Å²) in [5.41, 5.74) is 2.83. The summed E-state index contributed by atoms with van der Waals surface area (Å²) in [7, 11) is 0. The summed E-state index contributed by atoms with van der Waals surface area (Å²) in [6, 6.07) is 12.0. The van der Waals surface area contributed by atoms with Gasteiger partial charge in [0, 0.05) is 30.8 Å². The van der Waals surface area contributed by atoms with E-state index in [1.165, 1.54) is 22.6 Å². The second-order valence-corrected chi connectivity index (χ2v) is 8.21. The molecule has 2 N–H and O–H groups in total. The number of benzene rings is 1. The molecule has 31 heavy (non-hydrogen) atoms. The molecule has 160 valence electrons. The highest BCUT2D eigenvalue weighted by atomic mass is 32.1. The van der Waals surface area contributed by atoms with Gasteiger partial charge in [-0.05, 0) is 60.2 Å². The highest BCUT2D eigenvalue weighted by Crippen LogP contribution is 2.15. The average Bonchev–Trinajstić information content (AvgIpc) is 3.37. The Kier molecular flexibility index (Phi) is 6.51. The van der Waals surface area contributed by atoms with E-state index in [1.54, 1.807) is 28.0 Å². The lowest BCUT2D eigenvalue weighted by atomic mass is 10.2. The molecule has 0 aliphatic heterocycles. The van der Waals surface area contributed by atoms with E-state index in [1.807, 2.05) is 12.1 Å². The zero-order valence-corrected chi connectivity index (χ0v) is 18.0. The van der Waals surface area contributed by atoms with Crippen LogP contribution in [0.4, 0.5) is 10.2 Å². The molecule has 1 aromatic carbocycles. The number of hydrogen-bond donors (Lipinski definition) is 2. The zero-order valence-electron chi connectivity index (χ0n) is 17.1. The topological polar surface area (TPSA) is 84.2 Å². The molecule has 0 spiro atoms. The Balaban J connectivity index is 1.31. The Morgan fingerprint density at radius 3 is 2.71 bits per heavy atom. The first-order chi connectivity index (χ1) is 15.1. The van der Waals surface area contributed by atoms with E-state index < -0.39 is 0 Å². The molecule has 0 saturated heterocycles. The molecule has 0 unspecified atom stereocenters. The van der Waals surface area contributed by atoms with Crippen LogP contribution < -0.4 is 10.6 Å². The third-order valence-electron chi connectivity index (χ3n) is 4.93. The molecule has 0 fully saturated rings. The van der Waals surface area contributed by atoms with Crippen LogP contribution in [0, 0.1) is 12.7 Å². The summed E-state index contributed by atoms with van der Waals surface area (Å²) < 4.78 is 14.7. The number of hydrogen-bond acceptors (Lipinski definition) is 6. The Labute approximate surface area is 183 Å². The van der Waals surface area contributed by atoms with Gasteiger partial charge in [-0.15, -0.1) is 26.6 Å². The minimum Gasteiger partial charge on any atom is -0.365 e. The maximum Gasteiger partial charge on any atom is 0.220 e. The van der Waals surface area contributed by atoms with E-state index in [0.717, 1.165) is 12.0 Å². The zero-order chi connectivity index (χ0) is 21.6. The minimum atomic E-state index is -0.261. The summed E-state index contributed by atoms with van der Waals surface area (Å²) >= 11 is 1.71. The second kappa shape index (κ2) is 9.65. The van der Waals surface area contributed by atoms with Crippen molar-refractivity contribution < 1.29 is 9.18 Å². The molecule has 1 amide bonds. The van der Waals surface area contributed by atoms with Crippen LogP contribution in [0.5, 0.6) is 0 Å². The largest absolute Gasteiger partial charge is 0.365 e. The summed E-state index contributed by atoms with van der Waals surface area (Å²) in [6.07, 6.45) is 1.60. The maximum absolute atomic E-state index is 13.0. The normalized spacial score (nSPS) is 11.0. The van der Waals surface area contributed by atoms with Gasteiger partial charge in [0.1, 0.15) is 11.6 Å². The van der Waals surface area contributed by atoms with Crippen LogP contribution in [-0.4, -0.2) is 32.3 Å². The first-order valence-corrected chi connectivity index (χ1v) is 11.0. The Morgan fingerprint density at radius 1 is 1.10 bits per heavy atom. The van der Waals surface area contributed by atoms with Gasteiger partial charge in [0.25, 0.3) is 0 Å². The number of thiophene rings is 1. The molecule has 4 rings (SSSR count). The van der Waals surface area contributed by atoms with Crippen LogP contribution in [0.15, 0.2) is 47.8 Å². The lowest BCUT2D eigenvalue weighted by Gasteiger charge is -2.07. The minimum absolute atomic E-state index is 0.0171. The van der Waals surface area contributed by atoms with Crippen LogP contribution in [-0.2, 0) is 24.2 Å². The van der Waals surface area contributed by atoms with E-state index >= 15 is 0 Å². The molecule has 0 aliphatic rings. The van der Waals surface area contributed by atoms with Crippen LogP contribution in [0.25, 0.3) is 5.65 Å². The number of halogens is 1. The fourth-order valence-corrected chi connectivity index (χ4v) is 4.08. The number of nitrogens with one attached hydrogen (secondary N) is 2. The second-order valence-electron chi connectivity index (χ2n) is 7.21. The highest BCUT2D eigenvalue weighted by molar-refractivity contribution is 7.10. The molecular weight excluding hydrogens is 415 g/mol. The molecule has 4 aromatic rings. The lowest BCUT2D eigenvalue weighted by molar-refractivity contribution is -0.121. The van der Waals surface area contributed by atoms with E-state index in [4.69, 9.17) is 0 Å². The maximum atomic E-state index is 13.0. The number of carbonyl (C=O) groups is 1. The Hall–Kier alpha value is -3.33. The van der Waals surface area contributed by atoms with Gasteiger partial charge in [-0.2, -0.15) is 4.52 Å². The van der Waals surface area contributed by atoms with Crippen LogP contribution >= 0.6 is 11.3 Å². The standard InChI is InChI=1S/C22H23FN6OS/c1-15-11-13-31-18(15)10-12-24-22(30)9-8-21-27-26-20-7-6-19(28-29(20)21)25-14-16-2-4-17(23)5-3-16/h2-7,11,13H,8-10,12,14H2,1H3,(H,24,30)(H,25,28). The number of rotatable bonds is 9. The third-order valence-corrected chi connectivity index (χ3v) is 6.02. The molecule has 0 atom stereocenters. The third kappa shape index (κ3) is 5.43. The molecule has 0 saturated carbocycles. The average molecular weight is 439 g/mol. The van der Waals surface area contributed by atoms with Gasteiger partial charge in [0.15, 0.2) is 11.5 Å². The summed E-state index contributed by atoms with van der Waals surface area (Å²) in [5, 5.41) is 21.1. The van der Waals surface area contributed by atoms with Gasteiger partial charge in [0.05, 0.1) is 0 Å². The van der Waals surface area contributed by atoms with Crippen molar-refractivity contribution in [2.45, 2.75) is 32.7 Å². The van der Waals surface area contributed by atoms with Crippen molar-refractivity contribution in [2.24, 2.45) is 0 Å². The van der Waals surface area contributed by atoms with Crippen molar-refractivity contribution in [1.29, 1.82) is 0 Å². The van der Waals surface area contributed by atoms with Gasteiger partial charge in [0.2, 0.25) is 5.91 Å². The van der Waals surface area contributed by atoms with E-state index in [2.05, 4.69) is 44.3 Å². The molecule has 9 heteroatoms. The van der Waals surface area contributed by atoms with Crippen molar-refractivity contribution in [3.05, 3.63) is 75.5 Å². The predicted octanol–water partition coefficient (Wildman–Crippen LogP) is 3.54. The number of aryl methyl sites for hydroxylation is 2. The molecule has 0 aliphatic carbocycles. The lowest BCUT2D eigenvalue weighted by Crippen LogP contribution is -2.26. The molecule has 0 bridgehead atoms. The van der Waals surface area contributed by atoms with Crippen molar-refractivity contribution in [2.75, 3.05) is 11.9 Å². The molecule has 0 radical (unpaired) electrons. The molecule has 3 heterocycles. The fraction of sp³-hybridized carbons (Fsp3) is 0.273. The van der Waals surface area contributed by atoms with Gasteiger partial charge >= 0.3 is 0 Å². The molecule has 7 nitrogen and oxygen atoms in total. The van der Waals surface area contributed by atoms with Crippen LogP contribution in [0.2, 0.25) is 0 Å². The Bertz CT molecular complexity index is 1170. The summed E-state index contributed by atoms with van der Waals surface area (Å²) in [4.78, 5) is 13.5. The summed E-state index contributed by atoms with van der Waals surface area (Å²) in [6.45, 7) is 3.22. The van der Waals surface area contributed by atoms with Crippen molar-refractivity contribution in [1.82, 2.24) is 25.1 Å². The predicted molar refractivity (Wildman–Crippen MR) is 119 cm³/mol. The molecule has 3 aromatic heterocycles. The van der Waals surface area contributed by atoms with Crippen molar-refractivity contribution in [3.8, 4) is 0 Å². The monoisotopic (exact) mass is 438 g/mol. The first-order valence-electron chi connectivity index (χ1n) is 10.1. The number of fused-ring (bicyclic) bond motifs is 1. The smallest absolute Gasteiger partial charge is 0.220 e. The van der Waals surface area contributed by atoms with E-state index in [9.17, 15) is 9.18 Å². The summed E-state index contributed by atoms with van der Waals surface area (Å²) in [5.74, 6) is 0.998. The number of amides is 1. The van der Waals surface area contributed by atoms with Crippen LogP contribution in [0.3, 0.4) is 0 Å². The number of aromatic nitrogens is 4. The fourth-order valence-electron chi connectivity index (χ4n) is 3.17. The van der Waals surface area contributed by atoms with Crippen LogP contribution in [0.1, 0.15) is 28.2 Å². The molecular formula is C22H23FN6OS. The van der Waals surface area contributed by atoms with Gasteiger partial charge in [-0.3, -0.25) is 4.79 Å². The number of nitrogens with zero attached hydrogens (tertiary/aromatic N) is 4. The number of carbonyl (C=O) groups excluding carboxylic acids is 1. The van der Waals surface area contributed by atoms with E-state index in [-0.39, 0.29) is 11.7 Å². The van der Waals surface area contributed by atoms with Crippen molar-refractivity contribution in [3.63, 3.8) is 0 Å². The van der Waals surface area contributed by atoms with Gasteiger partial charge in [-0.1, -0.05) is 12.1 Å². The SMILES string of the molecule is Cc1ccsc1CCNC(=O)CCc1nnc2ccc(NCc3ccc(F)cc3)nn12. The van der Waals surface area contributed by atoms with Gasteiger partial charge < -0.3 is 10.6 Å². The highest BCUT2D eigenvalue weighted by Gasteiger charge is 2.11. The Morgan fingerprint density at radius 2 is 1.94 bits per heavy atom. The quantitative estimate of drug-likeness (QED) is 0.418.